The van der Waals surface area contributed by atoms with Crippen molar-refractivity contribution in [1.82, 2.24) is 9.97 Å². The second kappa shape index (κ2) is 10.9. The van der Waals surface area contributed by atoms with Gasteiger partial charge in [0.05, 0.1) is 46.8 Å². The smallest absolute Gasteiger partial charge is 0.255 e. The van der Waals surface area contributed by atoms with Crippen molar-refractivity contribution in [2.75, 3.05) is 53.2 Å². The Hall–Kier alpha value is -4.73. The zero-order valence-electron chi connectivity index (χ0n) is 21.5. The number of rotatable bonds is 9. The van der Waals surface area contributed by atoms with E-state index in [-0.39, 0.29) is 5.91 Å². The minimum absolute atomic E-state index is 0.341. The van der Waals surface area contributed by atoms with Gasteiger partial charge >= 0.3 is 0 Å². The van der Waals surface area contributed by atoms with Crippen LogP contribution >= 0.6 is 0 Å². The van der Waals surface area contributed by atoms with Crippen molar-refractivity contribution >= 4 is 28.4 Å². The van der Waals surface area contributed by atoms with E-state index in [1.807, 2.05) is 24.3 Å². The molecule has 10 nitrogen and oxygen atoms in total. The summed E-state index contributed by atoms with van der Waals surface area (Å²) in [6, 6.07) is 14.2. The molecule has 0 unspecified atom stereocenters. The predicted octanol–water partition coefficient (Wildman–Crippen LogP) is 4.63. The summed E-state index contributed by atoms with van der Waals surface area (Å²) in [5.74, 6) is 2.41. The lowest BCUT2D eigenvalue weighted by Gasteiger charge is -2.15. The first-order valence-corrected chi connectivity index (χ1v) is 11.3. The summed E-state index contributed by atoms with van der Waals surface area (Å²) in [5.41, 5.74) is 3.05. The Balaban J connectivity index is 1.74. The predicted molar refractivity (Wildman–Crippen MR) is 142 cm³/mol. The second-order valence-corrected chi connectivity index (χ2v) is 7.82. The summed E-state index contributed by atoms with van der Waals surface area (Å²) in [6.45, 7) is 0. The Kier molecular flexibility index (Phi) is 7.47. The van der Waals surface area contributed by atoms with Crippen LogP contribution in [0, 0.1) is 0 Å². The second-order valence-electron chi connectivity index (χ2n) is 7.82. The SMILES string of the molecule is CNc1nc(-c2cccc(NC(=O)c3cc(OC)c(OC)c(OC)c3)c2)c2cc(OC)c(OC)cc2n1. The highest BCUT2D eigenvalue weighted by Crippen LogP contribution is 2.39. The average Bonchev–Trinajstić information content (AvgIpc) is 2.94. The molecular formula is C27H28N4O6. The van der Waals surface area contributed by atoms with Crippen LogP contribution in [-0.2, 0) is 0 Å². The fourth-order valence-electron chi connectivity index (χ4n) is 3.95. The summed E-state index contributed by atoms with van der Waals surface area (Å²) in [6.07, 6.45) is 0. The molecule has 192 valence electrons. The minimum Gasteiger partial charge on any atom is -0.493 e. The Morgan fingerprint density at radius 3 is 2.00 bits per heavy atom. The minimum atomic E-state index is -0.341. The maximum atomic E-state index is 13.1. The molecular weight excluding hydrogens is 476 g/mol. The van der Waals surface area contributed by atoms with Crippen LogP contribution in [0.1, 0.15) is 10.4 Å². The molecule has 10 heteroatoms. The van der Waals surface area contributed by atoms with Crippen molar-refractivity contribution in [1.29, 1.82) is 0 Å². The zero-order valence-corrected chi connectivity index (χ0v) is 21.5. The van der Waals surface area contributed by atoms with Crippen LogP contribution in [0.5, 0.6) is 28.7 Å². The summed E-state index contributed by atoms with van der Waals surface area (Å²) in [5, 5.41) is 6.70. The first-order valence-electron chi connectivity index (χ1n) is 11.3. The fourth-order valence-corrected chi connectivity index (χ4v) is 3.95. The van der Waals surface area contributed by atoms with Gasteiger partial charge in [-0.15, -0.1) is 0 Å². The number of benzene rings is 3. The Morgan fingerprint density at radius 1 is 0.757 bits per heavy atom. The maximum Gasteiger partial charge on any atom is 0.255 e. The van der Waals surface area contributed by atoms with Crippen LogP contribution in [0.25, 0.3) is 22.2 Å². The standard InChI is InChI=1S/C27H28N4O6/c1-28-27-30-19-14-21(34-3)20(33-2)13-18(19)24(31-27)15-8-7-9-17(10-15)29-26(32)16-11-22(35-4)25(37-6)23(12-16)36-5/h7-14H,1-6H3,(H,29,32)(H,28,30,31). The van der Waals surface area contributed by atoms with E-state index < -0.39 is 0 Å². The topological polar surface area (TPSA) is 113 Å². The maximum absolute atomic E-state index is 13.1. The molecule has 0 aliphatic heterocycles. The number of nitrogens with one attached hydrogen (secondary N) is 2. The molecule has 0 fully saturated rings. The molecule has 0 aliphatic rings. The van der Waals surface area contributed by atoms with Gasteiger partial charge in [-0.05, 0) is 30.3 Å². The Bertz CT molecular complexity index is 1430. The van der Waals surface area contributed by atoms with Crippen molar-refractivity contribution in [3.05, 3.63) is 54.1 Å². The molecule has 1 heterocycles. The van der Waals surface area contributed by atoms with E-state index in [9.17, 15) is 4.79 Å². The average molecular weight is 505 g/mol. The van der Waals surface area contributed by atoms with E-state index in [1.165, 1.54) is 21.3 Å². The number of carbonyl (C=O) groups is 1. The van der Waals surface area contributed by atoms with Crippen LogP contribution in [0.2, 0.25) is 0 Å². The molecule has 3 aromatic carbocycles. The molecule has 0 bridgehead atoms. The number of hydrogen-bond donors (Lipinski definition) is 2. The van der Waals surface area contributed by atoms with E-state index in [2.05, 4.69) is 20.6 Å². The van der Waals surface area contributed by atoms with Gasteiger partial charge in [-0.1, -0.05) is 12.1 Å². The van der Waals surface area contributed by atoms with Gasteiger partial charge in [-0.25, -0.2) is 9.97 Å². The van der Waals surface area contributed by atoms with Crippen LogP contribution in [0.4, 0.5) is 11.6 Å². The first kappa shape index (κ1) is 25.4. The molecule has 37 heavy (non-hydrogen) atoms. The number of amides is 1. The van der Waals surface area contributed by atoms with Crippen molar-refractivity contribution < 1.29 is 28.5 Å². The van der Waals surface area contributed by atoms with Gasteiger partial charge in [-0.2, -0.15) is 0 Å². The molecule has 0 atom stereocenters. The number of carbonyl (C=O) groups excluding carboxylic acids is 1. The van der Waals surface area contributed by atoms with E-state index in [1.54, 1.807) is 45.5 Å². The largest absolute Gasteiger partial charge is 0.493 e. The van der Waals surface area contributed by atoms with E-state index in [0.717, 1.165) is 10.9 Å². The number of nitrogens with zero attached hydrogens (tertiary/aromatic N) is 2. The quantitative estimate of drug-likeness (QED) is 0.337. The molecule has 4 aromatic rings. The lowest BCUT2D eigenvalue weighted by molar-refractivity contribution is 0.102. The first-order chi connectivity index (χ1) is 18.0. The van der Waals surface area contributed by atoms with Crippen molar-refractivity contribution in [2.45, 2.75) is 0 Å². The van der Waals surface area contributed by atoms with Gasteiger partial charge in [0.2, 0.25) is 11.7 Å². The monoisotopic (exact) mass is 504 g/mol. The van der Waals surface area contributed by atoms with Crippen LogP contribution in [0.15, 0.2) is 48.5 Å². The van der Waals surface area contributed by atoms with Gasteiger partial charge in [0, 0.05) is 35.3 Å². The number of methoxy groups -OCH3 is 5. The normalized spacial score (nSPS) is 10.5. The van der Waals surface area contributed by atoms with Gasteiger partial charge in [-0.3, -0.25) is 4.79 Å². The van der Waals surface area contributed by atoms with Gasteiger partial charge in [0.15, 0.2) is 23.0 Å². The number of hydrogen-bond acceptors (Lipinski definition) is 9. The molecule has 0 saturated carbocycles. The molecule has 2 N–H and O–H groups in total. The van der Waals surface area contributed by atoms with E-state index in [0.29, 0.717) is 57.2 Å². The van der Waals surface area contributed by atoms with Crippen LogP contribution in [0.3, 0.4) is 0 Å². The van der Waals surface area contributed by atoms with E-state index >= 15 is 0 Å². The summed E-state index contributed by atoms with van der Waals surface area (Å²) in [7, 11) is 9.40. The Labute approximate surface area is 214 Å². The summed E-state index contributed by atoms with van der Waals surface area (Å²) < 4.78 is 27.0. The molecule has 0 saturated heterocycles. The van der Waals surface area contributed by atoms with Crippen LogP contribution in [-0.4, -0.2) is 58.5 Å². The number of ether oxygens (including phenoxy) is 5. The van der Waals surface area contributed by atoms with Crippen molar-refractivity contribution in [2.24, 2.45) is 0 Å². The lowest BCUT2D eigenvalue weighted by atomic mass is 10.0. The van der Waals surface area contributed by atoms with Crippen LogP contribution < -0.4 is 34.3 Å². The lowest BCUT2D eigenvalue weighted by Crippen LogP contribution is -2.12. The van der Waals surface area contributed by atoms with E-state index in [4.69, 9.17) is 23.7 Å². The highest BCUT2D eigenvalue weighted by atomic mass is 16.5. The molecule has 0 radical (unpaired) electrons. The van der Waals surface area contributed by atoms with Crippen molar-refractivity contribution in [3.63, 3.8) is 0 Å². The van der Waals surface area contributed by atoms with Gasteiger partial charge < -0.3 is 34.3 Å². The molecule has 0 aliphatic carbocycles. The third-order valence-electron chi connectivity index (χ3n) is 5.75. The summed E-state index contributed by atoms with van der Waals surface area (Å²) in [4.78, 5) is 22.4. The molecule has 1 amide bonds. The van der Waals surface area contributed by atoms with Crippen molar-refractivity contribution in [3.8, 4) is 40.0 Å². The zero-order chi connectivity index (χ0) is 26.5. The fraction of sp³-hybridized carbons (Fsp3) is 0.222. The third kappa shape index (κ3) is 4.99. The number of fused-ring (bicyclic) bond motifs is 1. The number of aromatic nitrogens is 2. The highest BCUT2D eigenvalue weighted by molar-refractivity contribution is 6.05. The molecule has 0 spiro atoms. The third-order valence-corrected chi connectivity index (χ3v) is 5.75. The summed E-state index contributed by atoms with van der Waals surface area (Å²) >= 11 is 0. The molecule has 1 aromatic heterocycles. The number of anilines is 2. The highest BCUT2D eigenvalue weighted by Gasteiger charge is 2.18. The van der Waals surface area contributed by atoms with Gasteiger partial charge in [0.1, 0.15) is 0 Å². The van der Waals surface area contributed by atoms with Gasteiger partial charge in [0.25, 0.3) is 5.91 Å². The Morgan fingerprint density at radius 2 is 1.41 bits per heavy atom. The molecule has 4 rings (SSSR count).